The molecule has 1 aromatic heterocycles. The number of thioether (sulfide) groups is 1. The van der Waals surface area contributed by atoms with E-state index in [1.165, 1.54) is 21.3 Å². The van der Waals surface area contributed by atoms with Crippen molar-refractivity contribution < 1.29 is 8.57 Å². The summed E-state index contributed by atoms with van der Waals surface area (Å²) in [5.41, 5.74) is 3.30. The number of hydrogen-bond donors (Lipinski definition) is 0. The lowest BCUT2D eigenvalue weighted by Gasteiger charge is -2.08. The summed E-state index contributed by atoms with van der Waals surface area (Å²) in [6.45, 7) is 0. The highest BCUT2D eigenvalue weighted by Crippen LogP contribution is 2.33. The van der Waals surface area contributed by atoms with Crippen molar-refractivity contribution in [3.05, 3.63) is 46.9 Å². The van der Waals surface area contributed by atoms with Gasteiger partial charge in [-0.25, -0.2) is 9.37 Å². The number of rotatable bonds is 5. The van der Waals surface area contributed by atoms with Crippen LogP contribution in [0.5, 0.6) is 5.88 Å². The fourth-order valence-electron chi connectivity index (χ4n) is 2.27. The van der Waals surface area contributed by atoms with Gasteiger partial charge in [-0.1, -0.05) is 23.9 Å². The third-order valence-electron chi connectivity index (χ3n) is 3.27. The van der Waals surface area contributed by atoms with E-state index in [1.54, 1.807) is 23.9 Å². The Morgan fingerprint density at radius 3 is 2.76 bits per heavy atom. The van der Waals surface area contributed by atoms with Crippen molar-refractivity contribution in [3.63, 3.8) is 0 Å². The monoisotopic (exact) mass is 434 g/mol. The van der Waals surface area contributed by atoms with E-state index in [1.807, 2.05) is 0 Å². The molecule has 1 heterocycles. The SMILES string of the molecule is Fc1ccc(CSc2nc3c(c(OSI)n2)CCC3)cc1. The van der Waals surface area contributed by atoms with Gasteiger partial charge in [-0.15, -0.1) is 0 Å². The second-order valence-electron chi connectivity index (χ2n) is 4.65. The summed E-state index contributed by atoms with van der Waals surface area (Å²) in [6.07, 6.45) is 3.09. The summed E-state index contributed by atoms with van der Waals surface area (Å²) in [4.78, 5) is 9.11. The second kappa shape index (κ2) is 7.15. The number of nitrogens with zero attached hydrogens (tertiary/aromatic N) is 2. The molecule has 0 N–H and O–H groups in total. The smallest absolute Gasteiger partial charge is 0.236 e. The van der Waals surface area contributed by atoms with E-state index < -0.39 is 0 Å². The van der Waals surface area contributed by atoms with Gasteiger partial charge in [0.15, 0.2) is 5.16 Å². The van der Waals surface area contributed by atoms with Gasteiger partial charge in [0.2, 0.25) is 5.88 Å². The largest absolute Gasteiger partial charge is 0.395 e. The molecule has 0 radical (unpaired) electrons. The topological polar surface area (TPSA) is 35.0 Å². The highest BCUT2D eigenvalue weighted by atomic mass is 127. The van der Waals surface area contributed by atoms with Crippen LogP contribution < -0.4 is 4.18 Å². The number of hydrogen-bond acceptors (Lipinski definition) is 5. The van der Waals surface area contributed by atoms with Gasteiger partial charge in [-0.3, -0.25) is 0 Å². The number of aromatic nitrogens is 2. The van der Waals surface area contributed by atoms with Crippen LogP contribution in [0.1, 0.15) is 23.2 Å². The molecular weight excluding hydrogens is 422 g/mol. The summed E-state index contributed by atoms with van der Waals surface area (Å²) < 4.78 is 18.4. The van der Waals surface area contributed by atoms with Crippen molar-refractivity contribution in [3.8, 4) is 5.88 Å². The van der Waals surface area contributed by atoms with Crippen molar-refractivity contribution in [2.45, 2.75) is 30.2 Å². The molecule has 1 aliphatic carbocycles. The van der Waals surface area contributed by atoms with Crippen LogP contribution in [0.3, 0.4) is 0 Å². The van der Waals surface area contributed by atoms with Gasteiger partial charge < -0.3 is 4.18 Å². The lowest BCUT2D eigenvalue weighted by atomic mass is 10.2. The molecule has 0 unspecified atom stereocenters. The zero-order valence-electron chi connectivity index (χ0n) is 11.0. The van der Waals surface area contributed by atoms with Crippen LogP contribution in [0.15, 0.2) is 29.4 Å². The van der Waals surface area contributed by atoms with E-state index in [9.17, 15) is 4.39 Å². The van der Waals surface area contributed by atoms with Crippen LogP contribution in [-0.2, 0) is 18.6 Å². The zero-order chi connectivity index (χ0) is 14.7. The number of halogens is 2. The molecule has 3 nitrogen and oxygen atoms in total. The van der Waals surface area contributed by atoms with Gasteiger partial charge in [0.1, 0.15) is 15.0 Å². The van der Waals surface area contributed by atoms with E-state index in [-0.39, 0.29) is 5.82 Å². The zero-order valence-corrected chi connectivity index (χ0v) is 14.8. The Labute approximate surface area is 143 Å². The maximum atomic E-state index is 12.9. The lowest BCUT2D eigenvalue weighted by Crippen LogP contribution is -1.99. The lowest BCUT2D eigenvalue weighted by molar-refractivity contribution is 0.597. The van der Waals surface area contributed by atoms with E-state index in [0.29, 0.717) is 5.88 Å². The first-order chi connectivity index (χ1) is 10.3. The molecule has 0 bridgehead atoms. The maximum Gasteiger partial charge on any atom is 0.236 e. The van der Waals surface area contributed by atoms with Crippen LogP contribution in [0.25, 0.3) is 0 Å². The van der Waals surface area contributed by atoms with Crippen LogP contribution in [0, 0.1) is 5.82 Å². The highest BCUT2D eigenvalue weighted by molar-refractivity contribution is 14.2. The first-order valence-corrected chi connectivity index (χ1v) is 10.8. The predicted octanol–water partition coefficient (Wildman–Crippen LogP) is 4.77. The van der Waals surface area contributed by atoms with E-state index in [2.05, 4.69) is 31.2 Å². The second-order valence-corrected chi connectivity index (χ2v) is 6.97. The molecule has 7 heteroatoms. The summed E-state index contributed by atoms with van der Waals surface area (Å²) >= 11 is 3.64. The molecule has 0 spiro atoms. The Balaban J connectivity index is 1.76. The predicted molar refractivity (Wildman–Crippen MR) is 92.3 cm³/mol. The van der Waals surface area contributed by atoms with E-state index in [0.717, 1.165) is 47.0 Å². The average Bonchev–Trinajstić information content (AvgIpc) is 2.96. The minimum Gasteiger partial charge on any atom is -0.395 e. The molecule has 110 valence electrons. The molecular formula is C14H12FIN2OS2. The Kier molecular flexibility index (Phi) is 5.23. The van der Waals surface area contributed by atoms with Crippen LogP contribution in [0.4, 0.5) is 4.39 Å². The van der Waals surface area contributed by atoms with Crippen LogP contribution in [-0.4, -0.2) is 9.97 Å². The van der Waals surface area contributed by atoms with Gasteiger partial charge in [0, 0.05) is 32.5 Å². The van der Waals surface area contributed by atoms with Crippen molar-refractivity contribution in [1.82, 2.24) is 9.97 Å². The molecule has 0 saturated heterocycles. The highest BCUT2D eigenvalue weighted by Gasteiger charge is 2.20. The van der Waals surface area contributed by atoms with Crippen molar-refractivity contribution >= 4 is 42.2 Å². The van der Waals surface area contributed by atoms with Crippen molar-refractivity contribution in [1.29, 1.82) is 0 Å². The molecule has 0 aliphatic heterocycles. The Bertz CT molecular complexity index is 640. The van der Waals surface area contributed by atoms with E-state index >= 15 is 0 Å². The summed E-state index contributed by atoms with van der Waals surface area (Å²) in [7, 11) is 1.27. The van der Waals surface area contributed by atoms with Crippen molar-refractivity contribution in [2.24, 2.45) is 0 Å². The number of fused-ring (bicyclic) bond motifs is 1. The minimum atomic E-state index is -0.215. The minimum absolute atomic E-state index is 0.215. The third kappa shape index (κ3) is 3.81. The summed E-state index contributed by atoms with van der Waals surface area (Å²) in [5, 5.41) is 0.723. The van der Waals surface area contributed by atoms with Gasteiger partial charge in [-0.2, -0.15) is 4.98 Å². The fourth-order valence-corrected chi connectivity index (χ4v) is 3.79. The normalized spacial score (nSPS) is 13.2. The van der Waals surface area contributed by atoms with Gasteiger partial charge in [0.25, 0.3) is 0 Å². The molecule has 0 atom stereocenters. The molecule has 21 heavy (non-hydrogen) atoms. The number of aryl methyl sites for hydroxylation is 1. The van der Waals surface area contributed by atoms with Crippen LogP contribution >= 0.6 is 42.2 Å². The fraction of sp³-hybridized carbons (Fsp3) is 0.286. The quantitative estimate of drug-likeness (QED) is 0.293. The Hall–Kier alpha value is -0.540. The number of benzene rings is 1. The van der Waals surface area contributed by atoms with Gasteiger partial charge in [-0.05, 0) is 37.0 Å². The molecule has 1 aliphatic rings. The molecule has 0 saturated carbocycles. The van der Waals surface area contributed by atoms with E-state index in [4.69, 9.17) is 4.18 Å². The molecule has 2 aromatic rings. The van der Waals surface area contributed by atoms with Crippen LogP contribution in [0.2, 0.25) is 0 Å². The maximum absolute atomic E-state index is 12.9. The summed E-state index contributed by atoms with van der Waals surface area (Å²) in [6, 6.07) is 6.52. The molecule has 0 fully saturated rings. The Morgan fingerprint density at radius 2 is 2.00 bits per heavy atom. The Morgan fingerprint density at radius 1 is 1.19 bits per heavy atom. The molecule has 3 rings (SSSR count). The molecule has 1 aromatic carbocycles. The molecule has 0 amide bonds. The standard InChI is InChI=1S/C14H12FIN2OS2/c15-10-6-4-9(5-7-10)8-20-14-17-12-3-1-2-11(12)13(18-14)19-21-16/h4-7H,1-3,8H2. The first kappa shape index (κ1) is 15.4. The first-order valence-electron chi connectivity index (χ1n) is 6.48. The van der Waals surface area contributed by atoms with Gasteiger partial charge in [0.05, 0.1) is 5.69 Å². The summed E-state index contributed by atoms with van der Waals surface area (Å²) in [5.74, 6) is 1.20. The third-order valence-corrected chi connectivity index (χ3v) is 4.94. The average molecular weight is 434 g/mol. The van der Waals surface area contributed by atoms with Crippen molar-refractivity contribution in [2.75, 3.05) is 0 Å². The van der Waals surface area contributed by atoms with Gasteiger partial charge >= 0.3 is 0 Å².